The van der Waals surface area contributed by atoms with Gasteiger partial charge in [0.25, 0.3) is 0 Å². The van der Waals surface area contributed by atoms with Crippen molar-refractivity contribution in [3.63, 3.8) is 0 Å². The summed E-state index contributed by atoms with van der Waals surface area (Å²) in [5.41, 5.74) is 1.14. The SMILES string of the molecule is Clc1cccc(COCCNCC2CCCC2)c1. The van der Waals surface area contributed by atoms with Gasteiger partial charge in [-0.05, 0) is 43.0 Å². The maximum atomic E-state index is 5.91. The maximum Gasteiger partial charge on any atom is 0.0718 e. The lowest BCUT2D eigenvalue weighted by molar-refractivity contribution is 0.122. The van der Waals surface area contributed by atoms with E-state index in [1.807, 2.05) is 24.3 Å². The van der Waals surface area contributed by atoms with Gasteiger partial charge in [-0.1, -0.05) is 36.6 Å². The van der Waals surface area contributed by atoms with Crippen LogP contribution in [0.2, 0.25) is 5.02 Å². The van der Waals surface area contributed by atoms with Crippen LogP contribution in [0, 0.1) is 5.92 Å². The third kappa shape index (κ3) is 4.97. The molecule has 0 aromatic heterocycles. The summed E-state index contributed by atoms with van der Waals surface area (Å²) < 4.78 is 5.62. The zero-order chi connectivity index (χ0) is 12.6. The van der Waals surface area contributed by atoms with Gasteiger partial charge in [-0.25, -0.2) is 0 Å². The van der Waals surface area contributed by atoms with Gasteiger partial charge in [-0.15, -0.1) is 0 Å². The summed E-state index contributed by atoms with van der Waals surface area (Å²) in [6, 6.07) is 7.83. The predicted molar refractivity (Wildman–Crippen MR) is 75.9 cm³/mol. The minimum Gasteiger partial charge on any atom is -0.375 e. The molecule has 3 heteroatoms. The molecule has 0 aliphatic heterocycles. The van der Waals surface area contributed by atoms with E-state index in [-0.39, 0.29) is 0 Å². The van der Waals surface area contributed by atoms with Crippen molar-refractivity contribution in [2.24, 2.45) is 5.92 Å². The summed E-state index contributed by atoms with van der Waals surface area (Å²) in [6.45, 7) is 3.50. The molecule has 0 heterocycles. The van der Waals surface area contributed by atoms with Crippen molar-refractivity contribution >= 4 is 11.6 Å². The van der Waals surface area contributed by atoms with Crippen LogP contribution in [-0.2, 0) is 11.3 Å². The molecule has 0 radical (unpaired) electrons. The largest absolute Gasteiger partial charge is 0.375 e. The second kappa shape index (κ2) is 7.78. The molecular formula is C15H22ClNO. The number of nitrogens with one attached hydrogen (secondary N) is 1. The van der Waals surface area contributed by atoms with Gasteiger partial charge < -0.3 is 10.1 Å². The van der Waals surface area contributed by atoms with E-state index >= 15 is 0 Å². The molecule has 1 fully saturated rings. The Labute approximate surface area is 115 Å². The van der Waals surface area contributed by atoms with E-state index in [1.165, 1.54) is 25.7 Å². The maximum absolute atomic E-state index is 5.91. The Hall–Kier alpha value is -0.570. The molecule has 2 rings (SSSR count). The quantitative estimate of drug-likeness (QED) is 0.762. The number of hydrogen-bond acceptors (Lipinski definition) is 2. The highest BCUT2D eigenvalue weighted by molar-refractivity contribution is 6.30. The molecule has 1 N–H and O–H groups in total. The Morgan fingerprint density at radius 2 is 2.11 bits per heavy atom. The van der Waals surface area contributed by atoms with Crippen LogP contribution in [0.1, 0.15) is 31.2 Å². The summed E-state index contributed by atoms with van der Waals surface area (Å²) in [7, 11) is 0. The first kappa shape index (κ1) is 13.9. The Morgan fingerprint density at radius 3 is 2.89 bits per heavy atom. The fraction of sp³-hybridized carbons (Fsp3) is 0.600. The normalized spacial score (nSPS) is 16.3. The molecule has 0 amide bonds. The Morgan fingerprint density at radius 1 is 1.28 bits per heavy atom. The standard InChI is InChI=1S/C15H22ClNO/c16-15-7-3-6-14(10-15)12-18-9-8-17-11-13-4-1-2-5-13/h3,6-7,10,13,17H,1-2,4-5,8-9,11-12H2. The molecule has 1 saturated carbocycles. The Kier molecular flexibility index (Phi) is 5.98. The smallest absolute Gasteiger partial charge is 0.0718 e. The fourth-order valence-electron chi connectivity index (χ4n) is 2.48. The van der Waals surface area contributed by atoms with Gasteiger partial charge in [0.05, 0.1) is 13.2 Å². The van der Waals surface area contributed by atoms with Crippen LogP contribution in [-0.4, -0.2) is 19.7 Å². The molecule has 1 aliphatic rings. The third-order valence-corrected chi connectivity index (χ3v) is 3.72. The minimum absolute atomic E-state index is 0.645. The van der Waals surface area contributed by atoms with Crippen molar-refractivity contribution in [3.8, 4) is 0 Å². The lowest BCUT2D eigenvalue weighted by atomic mass is 10.1. The Bertz CT molecular complexity index is 350. The zero-order valence-corrected chi connectivity index (χ0v) is 11.6. The molecule has 100 valence electrons. The van der Waals surface area contributed by atoms with Gasteiger partial charge >= 0.3 is 0 Å². The van der Waals surface area contributed by atoms with E-state index in [1.54, 1.807) is 0 Å². The number of rotatable bonds is 7. The molecule has 18 heavy (non-hydrogen) atoms. The topological polar surface area (TPSA) is 21.3 Å². The highest BCUT2D eigenvalue weighted by atomic mass is 35.5. The van der Waals surface area contributed by atoms with Crippen molar-refractivity contribution < 1.29 is 4.74 Å². The minimum atomic E-state index is 0.645. The van der Waals surface area contributed by atoms with Crippen LogP contribution in [0.4, 0.5) is 0 Å². The van der Waals surface area contributed by atoms with E-state index in [4.69, 9.17) is 16.3 Å². The van der Waals surface area contributed by atoms with E-state index < -0.39 is 0 Å². The molecule has 1 aromatic rings. The van der Waals surface area contributed by atoms with E-state index in [2.05, 4.69) is 5.32 Å². The fourth-order valence-corrected chi connectivity index (χ4v) is 2.69. The molecule has 0 unspecified atom stereocenters. The van der Waals surface area contributed by atoms with Gasteiger partial charge in [-0.3, -0.25) is 0 Å². The molecule has 0 spiro atoms. The third-order valence-electron chi connectivity index (χ3n) is 3.49. The first-order chi connectivity index (χ1) is 8.84. The molecule has 1 aromatic carbocycles. The van der Waals surface area contributed by atoms with Crippen LogP contribution >= 0.6 is 11.6 Å². The predicted octanol–water partition coefficient (Wildman–Crippen LogP) is 3.64. The average molecular weight is 268 g/mol. The van der Waals surface area contributed by atoms with Crippen LogP contribution in [0.5, 0.6) is 0 Å². The molecular weight excluding hydrogens is 246 g/mol. The van der Waals surface area contributed by atoms with Gasteiger partial charge in [0, 0.05) is 11.6 Å². The molecule has 1 aliphatic carbocycles. The summed E-state index contributed by atoms with van der Waals surface area (Å²) in [5.74, 6) is 0.901. The van der Waals surface area contributed by atoms with Crippen molar-refractivity contribution in [2.75, 3.05) is 19.7 Å². The summed E-state index contributed by atoms with van der Waals surface area (Å²) in [4.78, 5) is 0. The second-order valence-electron chi connectivity index (χ2n) is 5.04. The first-order valence-corrected chi connectivity index (χ1v) is 7.25. The van der Waals surface area contributed by atoms with Crippen molar-refractivity contribution in [3.05, 3.63) is 34.9 Å². The molecule has 0 saturated heterocycles. The van der Waals surface area contributed by atoms with Crippen LogP contribution in [0.15, 0.2) is 24.3 Å². The number of ether oxygens (including phenoxy) is 1. The van der Waals surface area contributed by atoms with Crippen LogP contribution in [0.3, 0.4) is 0 Å². The van der Waals surface area contributed by atoms with E-state index in [9.17, 15) is 0 Å². The molecule has 2 nitrogen and oxygen atoms in total. The molecule has 0 bridgehead atoms. The average Bonchev–Trinajstić information content (AvgIpc) is 2.87. The summed E-state index contributed by atoms with van der Waals surface area (Å²) in [5, 5.41) is 4.25. The van der Waals surface area contributed by atoms with Crippen molar-refractivity contribution in [2.45, 2.75) is 32.3 Å². The monoisotopic (exact) mass is 267 g/mol. The number of hydrogen-bond donors (Lipinski definition) is 1. The van der Waals surface area contributed by atoms with Gasteiger partial charge in [-0.2, -0.15) is 0 Å². The highest BCUT2D eigenvalue weighted by Crippen LogP contribution is 2.23. The van der Waals surface area contributed by atoms with Gasteiger partial charge in [0.15, 0.2) is 0 Å². The second-order valence-corrected chi connectivity index (χ2v) is 5.47. The zero-order valence-electron chi connectivity index (χ0n) is 10.8. The molecule has 0 atom stereocenters. The lowest BCUT2D eigenvalue weighted by Crippen LogP contribution is -2.25. The summed E-state index contributed by atoms with van der Waals surface area (Å²) in [6.07, 6.45) is 5.63. The van der Waals surface area contributed by atoms with E-state index in [0.29, 0.717) is 6.61 Å². The van der Waals surface area contributed by atoms with Crippen LogP contribution in [0.25, 0.3) is 0 Å². The first-order valence-electron chi connectivity index (χ1n) is 6.87. The number of halogens is 1. The van der Waals surface area contributed by atoms with Crippen LogP contribution < -0.4 is 5.32 Å². The lowest BCUT2D eigenvalue weighted by Gasteiger charge is -2.10. The van der Waals surface area contributed by atoms with E-state index in [0.717, 1.165) is 36.2 Å². The van der Waals surface area contributed by atoms with Gasteiger partial charge in [0.2, 0.25) is 0 Å². The highest BCUT2D eigenvalue weighted by Gasteiger charge is 2.13. The number of benzene rings is 1. The van der Waals surface area contributed by atoms with Crippen molar-refractivity contribution in [1.82, 2.24) is 5.32 Å². The van der Waals surface area contributed by atoms with Crippen molar-refractivity contribution in [1.29, 1.82) is 0 Å². The summed E-state index contributed by atoms with van der Waals surface area (Å²) >= 11 is 5.91. The van der Waals surface area contributed by atoms with Gasteiger partial charge in [0.1, 0.15) is 0 Å². The Balaban J connectivity index is 1.50.